The van der Waals surface area contributed by atoms with Gasteiger partial charge >= 0.3 is 0 Å². The number of hydrogen-bond donors (Lipinski definition) is 0. The number of rotatable bonds is 5. The van der Waals surface area contributed by atoms with E-state index >= 15 is 0 Å². The van der Waals surface area contributed by atoms with Gasteiger partial charge in [-0.3, -0.25) is 0 Å². The van der Waals surface area contributed by atoms with Crippen molar-refractivity contribution in [2.24, 2.45) is 0 Å². The van der Waals surface area contributed by atoms with Crippen molar-refractivity contribution >= 4 is 6.29 Å². The first-order valence-electron chi connectivity index (χ1n) is 6.26. The van der Waals surface area contributed by atoms with Gasteiger partial charge in [0, 0.05) is 12.0 Å². The molecule has 0 aliphatic rings. The van der Waals surface area contributed by atoms with Crippen LogP contribution < -0.4 is 0 Å². The molecule has 1 rings (SSSR count). The largest absolute Gasteiger partial charge is 0.303 e. The summed E-state index contributed by atoms with van der Waals surface area (Å²) in [5, 5.41) is 0. The quantitative estimate of drug-likeness (QED) is 0.701. The monoisotopic (exact) mass is 254 g/mol. The van der Waals surface area contributed by atoms with Crippen molar-refractivity contribution in [3.05, 3.63) is 34.4 Å². The van der Waals surface area contributed by atoms with Crippen LogP contribution in [0.5, 0.6) is 0 Å². The van der Waals surface area contributed by atoms with Gasteiger partial charge in [0.2, 0.25) is 0 Å². The summed E-state index contributed by atoms with van der Waals surface area (Å²) in [7, 11) is 0. The van der Waals surface area contributed by atoms with E-state index in [2.05, 4.69) is 0 Å². The Morgan fingerprint density at radius 3 is 1.78 bits per heavy atom. The highest BCUT2D eigenvalue weighted by molar-refractivity contribution is 5.59. The molecule has 1 nitrogen and oxygen atoms in total. The van der Waals surface area contributed by atoms with Gasteiger partial charge in [0.1, 0.15) is 6.29 Å². The van der Waals surface area contributed by atoms with Crippen molar-refractivity contribution in [3.63, 3.8) is 0 Å². The first-order chi connectivity index (χ1) is 8.38. The van der Waals surface area contributed by atoms with Crippen molar-refractivity contribution in [2.75, 3.05) is 0 Å². The third-order valence-electron chi connectivity index (χ3n) is 3.12. The fourth-order valence-electron chi connectivity index (χ4n) is 2.22. The zero-order valence-corrected chi connectivity index (χ0v) is 11.3. The van der Waals surface area contributed by atoms with Crippen LogP contribution in [-0.4, -0.2) is 6.29 Å². The summed E-state index contributed by atoms with van der Waals surface area (Å²) in [6.07, 6.45) is -1.33. The molecule has 3 heteroatoms. The molecule has 0 saturated carbocycles. The molecule has 1 aromatic carbocycles. The van der Waals surface area contributed by atoms with E-state index in [9.17, 15) is 13.6 Å². The van der Waals surface area contributed by atoms with Gasteiger partial charge in [-0.05, 0) is 40.7 Å². The first kappa shape index (κ1) is 14.8. The second-order valence-corrected chi connectivity index (χ2v) is 5.16. The fourth-order valence-corrected chi connectivity index (χ4v) is 2.22. The van der Waals surface area contributed by atoms with Gasteiger partial charge in [0.15, 0.2) is 0 Å². The van der Waals surface area contributed by atoms with Crippen LogP contribution in [0.3, 0.4) is 0 Å². The second-order valence-electron chi connectivity index (χ2n) is 5.16. The number of benzene rings is 1. The lowest BCUT2D eigenvalue weighted by Crippen LogP contribution is -2.06. The van der Waals surface area contributed by atoms with Gasteiger partial charge in [-0.25, -0.2) is 8.78 Å². The van der Waals surface area contributed by atoms with Crippen LogP contribution in [0.2, 0.25) is 0 Å². The molecule has 0 atom stereocenters. The van der Waals surface area contributed by atoms with Gasteiger partial charge in [-0.1, -0.05) is 27.7 Å². The van der Waals surface area contributed by atoms with E-state index in [1.165, 1.54) is 0 Å². The van der Waals surface area contributed by atoms with Crippen LogP contribution in [0.15, 0.2) is 12.1 Å². The molecular formula is C15H20F2O. The number of hydrogen-bond acceptors (Lipinski definition) is 1. The third kappa shape index (κ3) is 3.15. The van der Waals surface area contributed by atoms with E-state index in [1.54, 1.807) is 12.1 Å². The maximum Gasteiger partial charge on any atom is 0.263 e. The molecule has 0 aliphatic heterocycles. The molecule has 0 spiro atoms. The molecule has 0 saturated heterocycles. The van der Waals surface area contributed by atoms with Gasteiger partial charge in [-0.2, -0.15) is 0 Å². The van der Waals surface area contributed by atoms with Gasteiger partial charge in [0.05, 0.1) is 0 Å². The van der Waals surface area contributed by atoms with Crippen LogP contribution in [0.1, 0.15) is 68.2 Å². The molecule has 0 amide bonds. The van der Waals surface area contributed by atoms with E-state index in [0.717, 1.165) is 23.0 Å². The standard InChI is InChI=1S/C15H20F2O/c1-9(2)13-7-11(15(16)17)8-14(10(3)4)12(13)5-6-18/h6-10,15H,5H2,1-4H3. The highest BCUT2D eigenvalue weighted by Gasteiger charge is 2.18. The number of aldehydes is 1. The van der Waals surface area contributed by atoms with E-state index < -0.39 is 6.43 Å². The topological polar surface area (TPSA) is 17.1 Å². The molecule has 18 heavy (non-hydrogen) atoms. The molecule has 100 valence electrons. The Morgan fingerprint density at radius 2 is 1.50 bits per heavy atom. The molecule has 0 N–H and O–H groups in total. The van der Waals surface area contributed by atoms with Crippen LogP contribution in [0.25, 0.3) is 0 Å². The normalized spacial score (nSPS) is 11.6. The Balaban J connectivity index is 3.49. The highest BCUT2D eigenvalue weighted by Crippen LogP contribution is 2.32. The molecular weight excluding hydrogens is 234 g/mol. The Morgan fingerprint density at radius 1 is 1.06 bits per heavy atom. The van der Waals surface area contributed by atoms with Crippen molar-refractivity contribution in [2.45, 2.75) is 52.4 Å². The minimum atomic E-state index is -2.47. The number of carbonyl (C=O) groups is 1. The number of alkyl halides is 2. The highest BCUT2D eigenvalue weighted by atomic mass is 19.3. The average Bonchev–Trinajstić information content (AvgIpc) is 2.28. The predicted octanol–water partition coefficient (Wildman–Crippen LogP) is 4.61. The minimum absolute atomic E-state index is 0.0528. The van der Waals surface area contributed by atoms with Crippen LogP contribution in [-0.2, 0) is 11.2 Å². The molecule has 0 heterocycles. The van der Waals surface area contributed by atoms with Crippen molar-refractivity contribution in [3.8, 4) is 0 Å². The third-order valence-corrected chi connectivity index (χ3v) is 3.12. The van der Waals surface area contributed by atoms with E-state index in [4.69, 9.17) is 0 Å². The SMILES string of the molecule is CC(C)c1cc(C(F)F)cc(C(C)C)c1CC=O. The summed E-state index contributed by atoms with van der Waals surface area (Å²) in [6, 6.07) is 3.08. The summed E-state index contributed by atoms with van der Waals surface area (Å²) in [5.41, 5.74) is 2.70. The second kappa shape index (κ2) is 6.07. The Bertz CT molecular complexity index is 393. The van der Waals surface area contributed by atoms with Gasteiger partial charge < -0.3 is 4.79 Å². The van der Waals surface area contributed by atoms with Gasteiger partial charge in [0.25, 0.3) is 6.43 Å². The van der Waals surface area contributed by atoms with Gasteiger partial charge in [-0.15, -0.1) is 0 Å². The molecule has 0 bridgehead atoms. The predicted molar refractivity (Wildman–Crippen MR) is 69.3 cm³/mol. The average molecular weight is 254 g/mol. The zero-order valence-electron chi connectivity index (χ0n) is 11.3. The lowest BCUT2D eigenvalue weighted by atomic mass is 9.85. The van der Waals surface area contributed by atoms with E-state index in [1.807, 2.05) is 27.7 Å². The van der Waals surface area contributed by atoms with E-state index in [-0.39, 0.29) is 17.4 Å². The zero-order chi connectivity index (χ0) is 13.9. The van der Waals surface area contributed by atoms with Crippen molar-refractivity contribution in [1.29, 1.82) is 0 Å². The molecule has 0 aromatic heterocycles. The maximum absolute atomic E-state index is 12.9. The Kier molecular flexibility index (Phi) is 5.00. The molecule has 0 unspecified atom stereocenters. The summed E-state index contributed by atoms with van der Waals surface area (Å²) in [5.74, 6) is 0.271. The smallest absolute Gasteiger partial charge is 0.263 e. The Labute approximate surface area is 107 Å². The van der Waals surface area contributed by atoms with Crippen LogP contribution >= 0.6 is 0 Å². The molecule has 0 radical (unpaired) electrons. The van der Waals surface area contributed by atoms with E-state index in [0.29, 0.717) is 6.42 Å². The lowest BCUT2D eigenvalue weighted by Gasteiger charge is -2.20. The summed E-state index contributed by atoms with van der Waals surface area (Å²) in [6.45, 7) is 7.85. The number of carbonyl (C=O) groups excluding carboxylic acids is 1. The molecule has 0 aliphatic carbocycles. The summed E-state index contributed by atoms with van der Waals surface area (Å²) >= 11 is 0. The maximum atomic E-state index is 12.9. The van der Waals surface area contributed by atoms with Crippen molar-refractivity contribution < 1.29 is 13.6 Å². The minimum Gasteiger partial charge on any atom is -0.303 e. The molecule has 1 aromatic rings. The van der Waals surface area contributed by atoms with Crippen molar-refractivity contribution in [1.82, 2.24) is 0 Å². The lowest BCUT2D eigenvalue weighted by molar-refractivity contribution is -0.107. The Hall–Kier alpha value is -1.25. The first-order valence-corrected chi connectivity index (χ1v) is 6.26. The summed E-state index contributed by atoms with van der Waals surface area (Å²) in [4.78, 5) is 10.8. The molecule has 0 fully saturated rings. The van der Waals surface area contributed by atoms with Crippen LogP contribution in [0, 0.1) is 0 Å². The fraction of sp³-hybridized carbons (Fsp3) is 0.533. The van der Waals surface area contributed by atoms with Crippen LogP contribution in [0.4, 0.5) is 8.78 Å². The number of halogens is 2. The summed E-state index contributed by atoms with van der Waals surface area (Å²) < 4.78 is 25.8.